The fraction of sp³-hybridized carbons (Fsp3) is 0.562. The van der Waals surface area contributed by atoms with Crippen molar-refractivity contribution in [2.24, 2.45) is 0 Å². The Kier molecular flexibility index (Phi) is 5.15. The maximum Gasteiger partial charge on any atom is 0.240 e. The summed E-state index contributed by atoms with van der Waals surface area (Å²) in [5.74, 6) is 0.0137. The van der Waals surface area contributed by atoms with Gasteiger partial charge < -0.3 is 15.7 Å². The smallest absolute Gasteiger partial charge is 0.240 e. The molecule has 1 amide bonds. The van der Waals surface area contributed by atoms with Crippen LogP contribution in [0.2, 0.25) is 0 Å². The number of carbonyl (C=O) groups is 1. The fourth-order valence-corrected chi connectivity index (χ4v) is 2.97. The number of hydrogen-bond donors (Lipinski definition) is 3. The second-order valence-corrected chi connectivity index (χ2v) is 5.48. The van der Waals surface area contributed by atoms with Crippen LogP contribution in [-0.4, -0.2) is 29.7 Å². The zero-order valence-corrected chi connectivity index (χ0v) is 12.1. The first-order chi connectivity index (χ1) is 9.72. The lowest BCUT2D eigenvalue weighted by Crippen LogP contribution is -2.54. The third-order valence-electron chi connectivity index (χ3n) is 4.04. The van der Waals surface area contributed by atoms with E-state index in [1.54, 1.807) is 0 Å². The van der Waals surface area contributed by atoms with E-state index in [1.807, 2.05) is 30.3 Å². The Hall–Kier alpha value is -1.39. The Balaban J connectivity index is 2.08. The van der Waals surface area contributed by atoms with Gasteiger partial charge in [-0.15, -0.1) is 0 Å². The van der Waals surface area contributed by atoms with Crippen LogP contribution in [0.15, 0.2) is 30.3 Å². The van der Waals surface area contributed by atoms with Crippen LogP contribution in [0, 0.1) is 0 Å². The predicted octanol–water partition coefficient (Wildman–Crippen LogP) is 1.76. The zero-order chi connectivity index (χ0) is 14.4. The van der Waals surface area contributed by atoms with E-state index in [0.29, 0.717) is 0 Å². The molecule has 0 radical (unpaired) electrons. The molecule has 1 fully saturated rings. The lowest BCUT2D eigenvalue weighted by molar-refractivity contribution is -0.128. The molecule has 2 rings (SSSR count). The molecule has 0 aromatic heterocycles. The summed E-state index contributed by atoms with van der Waals surface area (Å²) in [6, 6.07) is 9.28. The molecule has 3 N–H and O–H groups in total. The lowest BCUT2D eigenvalue weighted by Gasteiger charge is -2.30. The fourth-order valence-electron chi connectivity index (χ4n) is 2.97. The van der Waals surface area contributed by atoms with Gasteiger partial charge in [-0.2, -0.15) is 0 Å². The molecular formula is C16H24N2O2. The van der Waals surface area contributed by atoms with Gasteiger partial charge in [-0.05, 0) is 31.4 Å². The standard InChI is InChI=1S/C16H24N2O2/c1-2-9-16(10-6-11-17-16)15(20)18-14(12-19)13-7-4-3-5-8-13/h3-5,7-8,14,17,19H,2,6,9-12H2,1H3,(H,18,20)/t14-,16?/m1/s1. The molecule has 2 atom stereocenters. The Morgan fingerprint density at radius 2 is 2.20 bits per heavy atom. The highest BCUT2D eigenvalue weighted by Crippen LogP contribution is 2.26. The van der Waals surface area contributed by atoms with Crippen molar-refractivity contribution < 1.29 is 9.90 Å². The molecule has 20 heavy (non-hydrogen) atoms. The number of rotatable bonds is 6. The van der Waals surface area contributed by atoms with Crippen molar-refractivity contribution in [3.63, 3.8) is 0 Å². The summed E-state index contributed by atoms with van der Waals surface area (Å²) < 4.78 is 0. The van der Waals surface area contributed by atoms with Crippen LogP contribution in [0.3, 0.4) is 0 Å². The normalized spacial score (nSPS) is 23.5. The van der Waals surface area contributed by atoms with Gasteiger partial charge in [0.25, 0.3) is 0 Å². The summed E-state index contributed by atoms with van der Waals surface area (Å²) in [5, 5.41) is 15.9. The topological polar surface area (TPSA) is 61.4 Å². The first-order valence-electron chi connectivity index (χ1n) is 7.43. The second-order valence-electron chi connectivity index (χ2n) is 5.48. The van der Waals surface area contributed by atoms with Crippen LogP contribution in [0.5, 0.6) is 0 Å². The molecule has 4 heteroatoms. The van der Waals surface area contributed by atoms with E-state index >= 15 is 0 Å². The molecule has 1 aromatic rings. The molecule has 4 nitrogen and oxygen atoms in total. The quantitative estimate of drug-likeness (QED) is 0.742. The van der Waals surface area contributed by atoms with Gasteiger partial charge in [0.2, 0.25) is 5.91 Å². The van der Waals surface area contributed by atoms with Crippen molar-refractivity contribution in [3.8, 4) is 0 Å². The number of hydrogen-bond acceptors (Lipinski definition) is 3. The Bertz CT molecular complexity index is 427. The van der Waals surface area contributed by atoms with Crippen molar-refractivity contribution in [1.29, 1.82) is 0 Å². The van der Waals surface area contributed by atoms with Crippen molar-refractivity contribution in [1.82, 2.24) is 10.6 Å². The first-order valence-corrected chi connectivity index (χ1v) is 7.43. The number of nitrogens with one attached hydrogen (secondary N) is 2. The molecule has 1 aliphatic heterocycles. The summed E-state index contributed by atoms with van der Waals surface area (Å²) in [6.45, 7) is 2.90. The molecule has 0 spiro atoms. The average Bonchev–Trinajstić information content (AvgIpc) is 2.96. The van der Waals surface area contributed by atoms with Gasteiger partial charge in [0.1, 0.15) is 0 Å². The second kappa shape index (κ2) is 6.86. The van der Waals surface area contributed by atoms with E-state index in [9.17, 15) is 9.90 Å². The van der Waals surface area contributed by atoms with Gasteiger partial charge >= 0.3 is 0 Å². The van der Waals surface area contributed by atoms with Crippen molar-refractivity contribution in [2.45, 2.75) is 44.2 Å². The van der Waals surface area contributed by atoms with Crippen LogP contribution in [0.4, 0.5) is 0 Å². The van der Waals surface area contributed by atoms with Crippen LogP contribution in [0.25, 0.3) is 0 Å². The largest absolute Gasteiger partial charge is 0.394 e. The summed E-state index contributed by atoms with van der Waals surface area (Å²) in [5.41, 5.74) is 0.490. The molecule has 0 saturated carbocycles. The van der Waals surface area contributed by atoms with Crippen molar-refractivity contribution >= 4 is 5.91 Å². The van der Waals surface area contributed by atoms with Gasteiger partial charge in [-0.3, -0.25) is 4.79 Å². The van der Waals surface area contributed by atoms with E-state index < -0.39 is 5.54 Å². The van der Waals surface area contributed by atoms with Gasteiger partial charge in [-0.25, -0.2) is 0 Å². The molecule has 1 heterocycles. The number of aliphatic hydroxyl groups excluding tert-OH is 1. The minimum absolute atomic E-state index is 0.0137. The van der Waals surface area contributed by atoms with Crippen LogP contribution in [0.1, 0.15) is 44.2 Å². The molecule has 1 saturated heterocycles. The predicted molar refractivity (Wildman–Crippen MR) is 79.3 cm³/mol. The van der Waals surface area contributed by atoms with E-state index in [4.69, 9.17) is 0 Å². The third-order valence-corrected chi connectivity index (χ3v) is 4.04. The van der Waals surface area contributed by atoms with Gasteiger partial charge in [-0.1, -0.05) is 43.7 Å². The molecule has 110 valence electrons. The van der Waals surface area contributed by atoms with Crippen LogP contribution >= 0.6 is 0 Å². The van der Waals surface area contributed by atoms with Crippen LogP contribution in [-0.2, 0) is 4.79 Å². The summed E-state index contributed by atoms with van der Waals surface area (Å²) in [7, 11) is 0. The lowest BCUT2D eigenvalue weighted by atomic mass is 9.90. The minimum Gasteiger partial charge on any atom is -0.394 e. The van der Waals surface area contributed by atoms with Gasteiger partial charge in [0.15, 0.2) is 0 Å². The van der Waals surface area contributed by atoms with E-state index in [-0.39, 0.29) is 18.6 Å². The monoisotopic (exact) mass is 276 g/mol. The van der Waals surface area contributed by atoms with E-state index in [1.165, 1.54) is 0 Å². The highest BCUT2D eigenvalue weighted by atomic mass is 16.3. The highest BCUT2D eigenvalue weighted by Gasteiger charge is 2.40. The third kappa shape index (κ3) is 3.19. The highest BCUT2D eigenvalue weighted by molar-refractivity contribution is 5.87. The molecule has 1 aromatic carbocycles. The maximum absolute atomic E-state index is 12.6. The molecular weight excluding hydrogens is 252 g/mol. The Labute approximate surface area is 120 Å². The average molecular weight is 276 g/mol. The first kappa shape index (κ1) is 15.0. The number of benzene rings is 1. The SMILES string of the molecule is CCCC1(C(=O)N[C@H](CO)c2ccccc2)CCCN1. The zero-order valence-electron chi connectivity index (χ0n) is 12.1. The van der Waals surface area contributed by atoms with E-state index in [0.717, 1.165) is 37.8 Å². The summed E-state index contributed by atoms with van der Waals surface area (Å²) >= 11 is 0. The molecule has 0 bridgehead atoms. The number of aliphatic hydroxyl groups is 1. The summed E-state index contributed by atoms with van der Waals surface area (Å²) in [6.07, 6.45) is 3.71. The maximum atomic E-state index is 12.6. The van der Waals surface area contributed by atoms with Crippen molar-refractivity contribution in [2.75, 3.05) is 13.2 Å². The van der Waals surface area contributed by atoms with Crippen LogP contribution < -0.4 is 10.6 Å². The van der Waals surface area contributed by atoms with Crippen molar-refractivity contribution in [3.05, 3.63) is 35.9 Å². The number of amides is 1. The van der Waals surface area contributed by atoms with Gasteiger partial charge in [0, 0.05) is 0 Å². The Morgan fingerprint density at radius 1 is 1.45 bits per heavy atom. The molecule has 1 aliphatic rings. The Morgan fingerprint density at radius 3 is 2.75 bits per heavy atom. The summed E-state index contributed by atoms with van der Waals surface area (Å²) in [4.78, 5) is 12.6. The number of carbonyl (C=O) groups excluding carboxylic acids is 1. The molecule has 1 unspecified atom stereocenters. The van der Waals surface area contributed by atoms with E-state index in [2.05, 4.69) is 17.6 Å². The minimum atomic E-state index is -0.447. The molecule has 0 aliphatic carbocycles. The van der Waals surface area contributed by atoms with Gasteiger partial charge in [0.05, 0.1) is 18.2 Å².